The fraction of sp³-hybridized carbons (Fsp3) is 0.852. The standard InChI is InChI=1S/C27H39N3O2/c31-24-16-27(24)18-11-10-17(14-18)26(27)15-23(26)28-25(32)13-12-21-20-8-4-5-9-22(20)30(29-21)19-6-2-1-3-7-19/h17-19,23-24,31H,1-16H2,(H,28,32)/t17?,18?,23?,24-,26?,27+/m1/s1. The predicted molar refractivity (Wildman–Crippen MR) is 122 cm³/mol. The van der Waals surface area contributed by atoms with E-state index in [1.165, 1.54) is 87.6 Å². The van der Waals surface area contributed by atoms with Crippen LogP contribution in [0, 0.1) is 22.7 Å². The Labute approximate surface area is 191 Å². The molecule has 5 heteroatoms. The van der Waals surface area contributed by atoms with Crippen LogP contribution in [0.4, 0.5) is 0 Å². The zero-order chi connectivity index (χ0) is 21.5. The topological polar surface area (TPSA) is 67.2 Å². The Hall–Kier alpha value is -1.36. The average molecular weight is 438 g/mol. The molecule has 7 rings (SSSR count). The van der Waals surface area contributed by atoms with E-state index < -0.39 is 0 Å². The number of hydrogen-bond acceptors (Lipinski definition) is 3. The molecule has 4 unspecified atom stereocenters. The molecule has 0 aliphatic heterocycles. The van der Waals surface area contributed by atoms with Gasteiger partial charge in [-0.25, -0.2) is 0 Å². The number of hydrogen-bond donors (Lipinski definition) is 2. The predicted octanol–water partition coefficient (Wildman–Crippen LogP) is 4.26. The van der Waals surface area contributed by atoms with Crippen molar-refractivity contribution >= 4 is 5.91 Å². The van der Waals surface area contributed by atoms with Crippen molar-refractivity contribution in [2.45, 2.75) is 121 Å². The molecule has 6 aliphatic carbocycles. The van der Waals surface area contributed by atoms with Crippen molar-refractivity contribution < 1.29 is 9.90 Å². The van der Waals surface area contributed by atoms with Crippen molar-refractivity contribution in [2.75, 3.05) is 0 Å². The van der Waals surface area contributed by atoms with Crippen molar-refractivity contribution in [3.8, 4) is 0 Å². The lowest BCUT2D eigenvalue weighted by molar-refractivity contribution is -0.121. The highest BCUT2D eigenvalue weighted by Crippen LogP contribution is 2.84. The molecule has 2 spiro atoms. The number of nitrogens with zero attached hydrogens (tertiary/aromatic N) is 2. The third-order valence-electron chi connectivity index (χ3n) is 10.9. The summed E-state index contributed by atoms with van der Waals surface area (Å²) >= 11 is 0. The van der Waals surface area contributed by atoms with Crippen molar-refractivity contribution in [3.63, 3.8) is 0 Å². The second kappa shape index (κ2) is 7.07. The molecule has 6 aliphatic rings. The number of aliphatic hydroxyl groups excluding tert-OH is 1. The van der Waals surface area contributed by atoms with Gasteiger partial charge in [-0.2, -0.15) is 5.10 Å². The number of carbonyl (C=O) groups is 1. The minimum atomic E-state index is -0.102. The summed E-state index contributed by atoms with van der Waals surface area (Å²) in [6.45, 7) is 0. The van der Waals surface area contributed by atoms with Gasteiger partial charge in [0, 0.05) is 35.4 Å². The lowest BCUT2D eigenvalue weighted by Gasteiger charge is -2.33. The second-order valence-corrected chi connectivity index (χ2v) is 12.1. The number of aryl methyl sites for hydroxylation is 1. The molecular formula is C27H39N3O2. The number of nitrogens with one attached hydrogen (secondary N) is 1. The maximum atomic E-state index is 13.0. The molecule has 0 aromatic carbocycles. The summed E-state index contributed by atoms with van der Waals surface area (Å²) in [5.41, 5.74) is 4.59. The van der Waals surface area contributed by atoms with E-state index in [4.69, 9.17) is 5.10 Å². The summed E-state index contributed by atoms with van der Waals surface area (Å²) in [6, 6.07) is 0.902. The maximum absolute atomic E-state index is 13.0. The van der Waals surface area contributed by atoms with Gasteiger partial charge in [0.25, 0.3) is 0 Å². The molecule has 1 heterocycles. The van der Waals surface area contributed by atoms with E-state index in [1.54, 1.807) is 0 Å². The number of aromatic nitrogens is 2. The molecular weight excluding hydrogens is 398 g/mol. The van der Waals surface area contributed by atoms with E-state index in [-0.39, 0.29) is 22.8 Å². The molecule has 1 amide bonds. The minimum absolute atomic E-state index is 0.102. The van der Waals surface area contributed by atoms with E-state index in [9.17, 15) is 9.90 Å². The third-order valence-corrected chi connectivity index (χ3v) is 10.9. The Kier molecular flexibility index (Phi) is 4.43. The summed E-state index contributed by atoms with van der Waals surface area (Å²) in [5, 5.41) is 19.1. The van der Waals surface area contributed by atoms with Crippen LogP contribution in [0.25, 0.3) is 0 Å². The van der Waals surface area contributed by atoms with Crippen LogP contribution < -0.4 is 5.32 Å². The second-order valence-electron chi connectivity index (χ2n) is 12.1. The molecule has 5 saturated carbocycles. The summed E-state index contributed by atoms with van der Waals surface area (Å²) < 4.78 is 2.39. The van der Waals surface area contributed by atoms with Crippen LogP contribution in [0.2, 0.25) is 0 Å². The zero-order valence-electron chi connectivity index (χ0n) is 19.5. The van der Waals surface area contributed by atoms with Crippen LogP contribution in [0.15, 0.2) is 0 Å². The van der Waals surface area contributed by atoms with E-state index in [2.05, 4.69) is 10.00 Å². The first-order valence-corrected chi connectivity index (χ1v) is 13.7. The first-order valence-electron chi connectivity index (χ1n) is 13.7. The Bertz CT molecular complexity index is 934. The van der Waals surface area contributed by atoms with E-state index in [0.29, 0.717) is 18.5 Å². The van der Waals surface area contributed by atoms with Gasteiger partial charge in [0.1, 0.15) is 0 Å². The summed E-state index contributed by atoms with van der Waals surface area (Å²) in [5.74, 6) is 1.67. The summed E-state index contributed by atoms with van der Waals surface area (Å²) in [6.07, 6.45) is 18.7. The maximum Gasteiger partial charge on any atom is 0.220 e. The van der Waals surface area contributed by atoms with Crippen molar-refractivity contribution in [1.82, 2.24) is 15.1 Å². The Balaban J connectivity index is 1.03. The molecule has 2 bridgehead atoms. The molecule has 0 radical (unpaired) electrons. The molecule has 0 saturated heterocycles. The van der Waals surface area contributed by atoms with Gasteiger partial charge in [-0.3, -0.25) is 9.48 Å². The quantitative estimate of drug-likeness (QED) is 0.723. The van der Waals surface area contributed by atoms with Crippen LogP contribution in [0.1, 0.15) is 106 Å². The van der Waals surface area contributed by atoms with Gasteiger partial charge in [0.15, 0.2) is 0 Å². The first-order chi connectivity index (χ1) is 15.6. The molecule has 174 valence electrons. The number of carbonyl (C=O) groups excluding carboxylic acids is 1. The average Bonchev–Trinajstić information content (AvgIpc) is 3.48. The van der Waals surface area contributed by atoms with Crippen LogP contribution in [0.5, 0.6) is 0 Å². The Morgan fingerprint density at radius 3 is 2.53 bits per heavy atom. The van der Waals surface area contributed by atoms with Crippen molar-refractivity contribution in [3.05, 3.63) is 17.0 Å². The Morgan fingerprint density at radius 1 is 1.00 bits per heavy atom. The van der Waals surface area contributed by atoms with Crippen molar-refractivity contribution in [2.24, 2.45) is 22.7 Å². The lowest BCUT2D eigenvalue weighted by Crippen LogP contribution is -2.38. The molecule has 5 nitrogen and oxygen atoms in total. The van der Waals surface area contributed by atoms with Gasteiger partial charge >= 0.3 is 0 Å². The number of fused-ring (bicyclic) bond motifs is 6. The van der Waals surface area contributed by atoms with Crippen LogP contribution in [0.3, 0.4) is 0 Å². The van der Waals surface area contributed by atoms with E-state index in [0.717, 1.165) is 37.5 Å². The molecule has 6 atom stereocenters. The fourth-order valence-electron chi connectivity index (χ4n) is 9.33. The number of rotatable bonds is 5. The van der Waals surface area contributed by atoms with E-state index in [1.807, 2.05) is 0 Å². The highest BCUT2D eigenvalue weighted by molar-refractivity contribution is 5.77. The number of aliphatic hydroxyl groups is 1. The number of amides is 1. The molecule has 1 aromatic heterocycles. The highest BCUT2D eigenvalue weighted by atomic mass is 16.3. The summed E-state index contributed by atoms with van der Waals surface area (Å²) in [4.78, 5) is 13.0. The monoisotopic (exact) mass is 437 g/mol. The largest absolute Gasteiger partial charge is 0.392 e. The Morgan fingerprint density at radius 2 is 1.75 bits per heavy atom. The van der Waals surface area contributed by atoms with Gasteiger partial charge < -0.3 is 10.4 Å². The van der Waals surface area contributed by atoms with Gasteiger partial charge in [-0.15, -0.1) is 0 Å². The van der Waals surface area contributed by atoms with E-state index >= 15 is 0 Å². The lowest BCUT2D eigenvalue weighted by atomic mass is 9.72. The van der Waals surface area contributed by atoms with Gasteiger partial charge in [-0.1, -0.05) is 19.3 Å². The normalized spacial score (nSPS) is 41.9. The highest BCUT2D eigenvalue weighted by Gasteiger charge is 2.84. The van der Waals surface area contributed by atoms with Gasteiger partial charge in [-0.05, 0) is 88.0 Å². The van der Waals surface area contributed by atoms with Crippen LogP contribution in [-0.4, -0.2) is 32.9 Å². The van der Waals surface area contributed by atoms with Crippen LogP contribution >= 0.6 is 0 Å². The SMILES string of the molecule is O=C(CCc1nn(C2CCCCC2)c2c1CCCC2)NC1CC12C1CCC(C1)[C@]21C[C@H]1O. The summed E-state index contributed by atoms with van der Waals surface area (Å²) in [7, 11) is 0. The van der Waals surface area contributed by atoms with Gasteiger partial charge in [0.05, 0.1) is 17.8 Å². The van der Waals surface area contributed by atoms with Crippen LogP contribution in [-0.2, 0) is 24.1 Å². The zero-order valence-corrected chi connectivity index (χ0v) is 19.5. The molecule has 2 N–H and O–H groups in total. The van der Waals surface area contributed by atoms with Crippen molar-refractivity contribution in [1.29, 1.82) is 0 Å². The first kappa shape index (κ1) is 20.1. The third kappa shape index (κ3) is 2.66. The fourth-order valence-corrected chi connectivity index (χ4v) is 9.33. The van der Waals surface area contributed by atoms with Gasteiger partial charge in [0.2, 0.25) is 5.91 Å². The molecule has 5 fully saturated rings. The minimum Gasteiger partial charge on any atom is -0.392 e. The molecule has 1 aromatic rings. The molecule has 32 heavy (non-hydrogen) atoms. The smallest absolute Gasteiger partial charge is 0.220 e.